The van der Waals surface area contributed by atoms with Crippen LogP contribution < -0.4 is 0 Å². The zero-order valence-electron chi connectivity index (χ0n) is 25.8. The fourth-order valence-corrected chi connectivity index (χ4v) is 5.75. The summed E-state index contributed by atoms with van der Waals surface area (Å²) in [4.78, 5) is 11.2. The summed E-state index contributed by atoms with van der Waals surface area (Å²) in [5.74, 6) is -0.250. The number of amides is 1. The molecular formula is C34H68BrNO2. The van der Waals surface area contributed by atoms with Gasteiger partial charge in [0.2, 0.25) is 0 Å². The third-order valence-corrected chi connectivity index (χ3v) is 8.60. The van der Waals surface area contributed by atoms with E-state index in [1.807, 2.05) is 0 Å². The highest BCUT2D eigenvalue weighted by Gasteiger charge is 2.06. The fourth-order valence-electron chi connectivity index (χ4n) is 5.57. The van der Waals surface area contributed by atoms with Crippen LogP contribution in [0.3, 0.4) is 0 Å². The number of rotatable bonds is 32. The topological polar surface area (TPSA) is 40.5 Å². The minimum atomic E-state index is -0.250. The molecule has 0 rings (SSSR count). The second-order valence-electron chi connectivity index (χ2n) is 12.0. The van der Waals surface area contributed by atoms with E-state index in [2.05, 4.69) is 23.1 Å². The minimum Gasteiger partial charge on any atom is -0.275 e. The van der Waals surface area contributed by atoms with Crippen molar-refractivity contribution < 1.29 is 10.0 Å². The van der Waals surface area contributed by atoms with E-state index >= 15 is 0 Å². The average Bonchev–Trinajstić information content (AvgIpc) is 2.91. The predicted octanol–water partition coefficient (Wildman–Crippen LogP) is 13.0. The molecule has 0 bridgehead atoms. The van der Waals surface area contributed by atoms with Crippen LogP contribution in [-0.4, -0.2) is 15.2 Å². The van der Waals surface area contributed by atoms with Gasteiger partial charge in [-0.2, -0.15) is 4.09 Å². The van der Waals surface area contributed by atoms with Crippen LogP contribution in [0.4, 0.5) is 0 Å². The number of hydrogen-bond acceptors (Lipinski definition) is 2. The Kier molecular flexibility index (Phi) is 33.0. The molecule has 0 radical (unpaired) electrons. The molecule has 0 spiro atoms. The summed E-state index contributed by atoms with van der Waals surface area (Å²) < 4.78 is 0.523. The maximum Gasteiger partial charge on any atom is 0.256 e. The van der Waals surface area contributed by atoms with Gasteiger partial charge in [-0.3, -0.25) is 10.0 Å². The van der Waals surface area contributed by atoms with Crippen molar-refractivity contribution in [3.63, 3.8) is 0 Å². The molecule has 4 heteroatoms. The second kappa shape index (κ2) is 33.1. The Morgan fingerprint density at radius 2 is 0.605 bits per heavy atom. The van der Waals surface area contributed by atoms with Gasteiger partial charge in [0.05, 0.1) is 16.1 Å². The van der Waals surface area contributed by atoms with Gasteiger partial charge < -0.3 is 0 Å². The summed E-state index contributed by atoms with van der Waals surface area (Å²) in [6.45, 7) is 2.30. The van der Waals surface area contributed by atoms with Crippen molar-refractivity contribution in [3.8, 4) is 0 Å². The summed E-state index contributed by atoms with van der Waals surface area (Å²) in [5, 5.41) is 8.93. The molecule has 0 heterocycles. The fraction of sp³-hybridized carbons (Fsp3) is 0.971. The highest BCUT2D eigenvalue weighted by atomic mass is 79.9. The average molecular weight is 603 g/mol. The lowest BCUT2D eigenvalue weighted by Gasteiger charge is -2.05. The van der Waals surface area contributed by atoms with Crippen LogP contribution in [0.25, 0.3) is 0 Å². The molecule has 0 aromatic heterocycles. The summed E-state index contributed by atoms with van der Waals surface area (Å²) in [5.41, 5.74) is 0. The molecule has 0 saturated heterocycles. The lowest BCUT2D eigenvalue weighted by molar-refractivity contribution is -0.143. The molecule has 1 N–H and O–H groups in total. The van der Waals surface area contributed by atoms with E-state index in [1.54, 1.807) is 0 Å². The number of hydrogen-bond donors (Lipinski definition) is 1. The predicted molar refractivity (Wildman–Crippen MR) is 171 cm³/mol. The van der Waals surface area contributed by atoms with Gasteiger partial charge in [-0.05, 0) is 6.42 Å². The molecule has 38 heavy (non-hydrogen) atoms. The van der Waals surface area contributed by atoms with Gasteiger partial charge in [-0.1, -0.05) is 200 Å². The van der Waals surface area contributed by atoms with E-state index in [9.17, 15) is 4.79 Å². The second-order valence-corrected chi connectivity index (χ2v) is 12.7. The van der Waals surface area contributed by atoms with Crippen LogP contribution in [0.15, 0.2) is 0 Å². The monoisotopic (exact) mass is 601 g/mol. The summed E-state index contributed by atoms with van der Waals surface area (Å²) in [6.07, 6.45) is 43.9. The van der Waals surface area contributed by atoms with E-state index in [4.69, 9.17) is 5.21 Å². The molecule has 0 atom stereocenters. The van der Waals surface area contributed by atoms with Crippen molar-refractivity contribution in [3.05, 3.63) is 0 Å². The van der Waals surface area contributed by atoms with E-state index < -0.39 is 0 Å². The first-order valence-corrected chi connectivity index (χ1v) is 18.1. The molecule has 3 nitrogen and oxygen atoms in total. The maximum atomic E-state index is 11.2. The lowest BCUT2D eigenvalue weighted by atomic mass is 10.0. The maximum absolute atomic E-state index is 11.2. The van der Waals surface area contributed by atoms with Crippen LogP contribution in [0.5, 0.6) is 0 Å². The smallest absolute Gasteiger partial charge is 0.256 e. The molecule has 0 aliphatic rings. The molecule has 0 aromatic carbocycles. The lowest BCUT2D eigenvalue weighted by Crippen LogP contribution is -2.15. The number of unbranched alkanes of at least 4 members (excludes halogenated alkanes) is 30. The zero-order chi connectivity index (χ0) is 27.8. The summed E-state index contributed by atoms with van der Waals surface area (Å²) in [7, 11) is 0. The molecule has 0 aliphatic carbocycles. The van der Waals surface area contributed by atoms with Crippen molar-refractivity contribution in [2.24, 2.45) is 0 Å². The molecular weight excluding hydrogens is 534 g/mol. The number of carbonyl (C=O) groups is 1. The van der Waals surface area contributed by atoms with E-state index in [0.717, 1.165) is 12.8 Å². The largest absolute Gasteiger partial charge is 0.275 e. The van der Waals surface area contributed by atoms with Gasteiger partial charge in [0.1, 0.15) is 0 Å². The first kappa shape index (κ1) is 37.9. The van der Waals surface area contributed by atoms with Crippen LogP contribution >= 0.6 is 16.1 Å². The van der Waals surface area contributed by atoms with Crippen LogP contribution in [0, 0.1) is 0 Å². The van der Waals surface area contributed by atoms with Crippen LogP contribution in [0.2, 0.25) is 0 Å². The quantitative estimate of drug-likeness (QED) is 0.0360. The van der Waals surface area contributed by atoms with Gasteiger partial charge in [0.25, 0.3) is 5.91 Å². The van der Waals surface area contributed by atoms with E-state index in [-0.39, 0.29) is 5.91 Å². The SMILES string of the molecule is CCCCCCCCCCCCCCCCCCCCCCCCCCCCCCCCCC(=O)N(O)Br. The highest BCUT2D eigenvalue weighted by Crippen LogP contribution is 2.17. The Bertz CT molecular complexity index is 458. The Balaban J connectivity index is 3.05. The van der Waals surface area contributed by atoms with E-state index in [1.165, 1.54) is 186 Å². The standard InChI is InChI=1S/C34H68BrNO2/c1-2-3-4-5-6-7-8-9-10-11-12-13-14-15-16-17-18-19-20-21-22-23-24-25-26-27-28-29-30-31-32-33-34(37)36(35)38/h38H,2-33H2,1H3. The Labute approximate surface area is 248 Å². The minimum absolute atomic E-state index is 0.250. The Morgan fingerprint density at radius 1 is 0.421 bits per heavy atom. The molecule has 1 amide bonds. The van der Waals surface area contributed by atoms with Gasteiger partial charge >= 0.3 is 0 Å². The molecule has 0 saturated carbocycles. The van der Waals surface area contributed by atoms with Gasteiger partial charge in [-0.25, -0.2) is 0 Å². The highest BCUT2D eigenvalue weighted by molar-refractivity contribution is 9.07. The molecule has 0 aromatic rings. The van der Waals surface area contributed by atoms with Gasteiger partial charge in [0.15, 0.2) is 0 Å². The first-order chi connectivity index (χ1) is 18.7. The summed E-state index contributed by atoms with van der Waals surface area (Å²) in [6, 6.07) is 0. The first-order valence-electron chi connectivity index (χ1n) is 17.4. The van der Waals surface area contributed by atoms with Crippen LogP contribution in [0.1, 0.15) is 212 Å². The van der Waals surface area contributed by atoms with Crippen LogP contribution in [-0.2, 0) is 4.79 Å². The zero-order valence-corrected chi connectivity index (χ0v) is 27.4. The number of halogens is 1. The van der Waals surface area contributed by atoms with Crippen molar-refractivity contribution in [1.82, 2.24) is 4.09 Å². The van der Waals surface area contributed by atoms with Crippen molar-refractivity contribution in [1.29, 1.82) is 0 Å². The Morgan fingerprint density at radius 3 is 0.789 bits per heavy atom. The molecule has 0 aliphatic heterocycles. The van der Waals surface area contributed by atoms with Gasteiger partial charge in [-0.15, -0.1) is 0 Å². The van der Waals surface area contributed by atoms with E-state index in [0.29, 0.717) is 10.5 Å². The number of carbonyl (C=O) groups excluding carboxylic acids is 1. The third-order valence-electron chi connectivity index (χ3n) is 8.20. The van der Waals surface area contributed by atoms with Crippen molar-refractivity contribution >= 4 is 22.1 Å². The molecule has 0 fully saturated rings. The number of hydroxylamine groups is 1. The van der Waals surface area contributed by atoms with Crippen molar-refractivity contribution in [2.75, 3.05) is 0 Å². The van der Waals surface area contributed by atoms with Crippen molar-refractivity contribution in [2.45, 2.75) is 212 Å². The third kappa shape index (κ3) is 32.1. The summed E-state index contributed by atoms with van der Waals surface area (Å²) >= 11 is 2.75. The number of nitrogens with zero attached hydrogens (tertiary/aromatic N) is 1. The normalized spacial score (nSPS) is 11.3. The van der Waals surface area contributed by atoms with Gasteiger partial charge in [0, 0.05) is 6.42 Å². The molecule has 0 unspecified atom stereocenters. The Hall–Kier alpha value is -0.0900. The molecule has 228 valence electrons.